The van der Waals surface area contributed by atoms with Crippen molar-refractivity contribution in [2.45, 2.75) is 353 Å². The molecule has 0 heterocycles. The smallest absolute Gasteiger partial charge is 0.305 e. The van der Waals surface area contributed by atoms with Gasteiger partial charge in [0.1, 0.15) is 0 Å². The number of aliphatic hydroxyl groups is 2. The predicted octanol–water partition coefficient (Wildman–Crippen LogP) is 21.1. The number of amides is 1. The lowest BCUT2D eigenvalue weighted by atomic mass is 10.0. The van der Waals surface area contributed by atoms with Crippen LogP contribution in [0.4, 0.5) is 0 Å². The van der Waals surface area contributed by atoms with E-state index in [0.29, 0.717) is 19.4 Å². The van der Waals surface area contributed by atoms with Gasteiger partial charge in [-0.15, -0.1) is 0 Å². The molecule has 0 rings (SSSR count). The van der Waals surface area contributed by atoms with Crippen LogP contribution in [0.1, 0.15) is 341 Å². The molecular formula is C69H127NO5. The monoisotopic (exact) mass is 1050 g/mol. The van der Waals surface area contributed by atoms with E-state index in [4.69, 9.17) is 4.74 Å². The number of carbonyl (C=O) groups is 2. The molecule has 75 heavy (non-hydrogen) atoms. The van der Waals surface area contributed by atoms with Gasteiger partial charge in [-0.05, 0) is 89.9 Å². The lowest BCUT2D eigenvalue weighted by Gasteiger charge is -2.20. The second kappa shape index (κ2) is 64.1. The van der Waals surface area contributed by atoms with Crippen LogP contribution in [0.15, 0.2) is 60.8 Å². The van der Waals surface area contributed by atoms with Gasteiger partial charge in [0.05, 0.1) is 25.4 Å². The van der Waals surface area contributed by atoms with Gasteiger partial charge < -0.3 is 20.3 Å². The standard InChI is InChI=1S/C69H127NO5/c1-3-5-7-9-11-13-15-17-38-41-45-49-53-57-61-67(72)66(65-71)70-68(73)62-58-54-50-46-42-39-35-33-31-29-27-25-23-21-19-18-20-22-24-26-28-30-32-34-36-40-44-48-52-56-60-64-75-69(74)63-59-55-51-47-43-37-16-14-12-10-8-6-4-2/h8,10,14,16,20,22,26,28,57,61,66-67,71-72H,3-7,9,11-13,15,17-19,21,23-25,27,29-56,58-60,62-65H2,1-2H3,(H,70,73)/b10-8-,16-14-,22-20-,28-26-,61-57+. The first-order chi connectivity index (χ1) is 37.0. The molecule has 2 atom stereocenters. The molecule has 0 radical (unpaired) electrons. The summed E-state index contributed by atoms with van der Waals surface area (Å²) >= 11 is 0. The van der Waals surface area contributed by atoms with E-state index in [2.05, 4.69) is 67.8 Å². The van der Waals surface area contributed by atoms with Crippen molar-refractivity contribution in [2.24, 2.45) is 0 Å². The molecule has 0 spiro atoms. The van der Waals surface area contributed by atoms with Crippen molar-refractivity contribution in [3.63, 3.8) is 0 Å². The van der Waals surface area contributed by atoms with Gasteiger partial charge in [-0.3, -0.25) is 9.59 Å². The molecule has 0 aliphatic heterocycles. The lowest BCUT2D eigenvalue weighted by molar-refractivity contribution is -0.143. The summed E-state index contributed by atoms with van der Waals surface area (Å²) in [5.74, 6) is -0.0699. The van der Waals surface area contributed by atoms with Crippen LogP contribution in [-0.2, 0) is 14.3 Å². The Morgan fingerprint density at radius 3 is 1.07 bits per heavy atom. The molecule has 3 N–H and O–H groups in total. The molecule has 0 fully saturated rings. The van der Waals surface area contributed by atoms with Crippen molar-refractivity contribution in [3.8, 4) is 0 Å². The average molecular weight is 1050 g/mol. The van der Waals surface area contributed by atoms with Gasteiger partial charge in [-0.25, -0.2) is 0 Å². The maximum absolute atomic E-state index is 12.5. The summed E-state index contributed by atoms with van der Waals surface area (Å²) in [6, 6.07) is -0.628. The third-order valence-electron chi connectivity index (χ3n) is 15.0. The van der Waals surface area contributed by atoms with E-state index in [0.717, 1.165) is 57.8 Å². The van der Waals surface area contributed by atoms with Crippen LogP contribution < -0.4 is 5.32 Å². The highest BCUT2D eigenvalue weighted by Crippen LogP contribution is 2.17. The number of esters is 1. The van der Waals surface area contributed by atoms with Gasteiger partial charge in [-0.2, -0.15) is 0 Å². The summed E-state index contributed by atoms with van der Waals surface area (Å²) in [5.41, 5.74) is 0. The Labute approximate surface area is 467 Å². The molecule has 0 bridgehead atoms. The van der Waals surface area contributed by atoms with Crippen LogP contribution in [0.2, 0.25) is 0 Å². The largest absolute Gasteiger partial charge is 0.466 e. The highest BCUT2D eigenvalue weighted by atomic mass is 16.5. The van der Waals surface area contributed by atoms with Crippen molar-refractivity contribution in [1.82, 2.24) is 5.32 Å². The van der Waals surface area contributed by atoms with Crippen LogP contribution in [0, 0.1) is 0 Å². The number of rotatable bonds is 61. The predicted molar refractivity (Wildman–Crippen MR) is 328 cm³/mol. The van der Waals surface area contributed by atoms with Crippen molar-refractivity contribution < 1.29 is 24.5 Å². The second-order valence-electron chi connectivity index (χ2n) is 22.4. The van der Waals surface area contributed by atoms with E-state index in [-0.39, 0.29) is 18.5 Å². The summed E-state index contributed by atoms with van der Waals surface area (Å²) < 4.78 is 5.47. The molecule has 0 aromatic carbocycles. The van der Waals surface area contributed by atoms with Gasteiger partial charge in [0, 0.05) is 12.8 Å². The third kappa shape index (κ3) is 60.6. The van der Waals surface area contributed by atoms with Crippen LogP contribution in [0.5, 0.6) is 0 Å². The molecule has 0 aromatic rings. The Kier molecular flexibility index (Phi) is 62.0. The minimum absolute atomic E-state index is 0.00300. The number of hydrogen-bond donors (Lipinski definition) is 3. The lowest BCUT2D eigenvalue weighted by Crippen LogP contribution is -2.45. The molecule has 2 unspecified atom stereocenters. The van der Waals surface area contributed by atoms with E-state index < -0.39 is 12.1 Å². The van der Waals surface area contributed by atoms with Gasteiger partial charge >= 0.3 is 5.97 Å². The summed E-state index contributed by atoms with van der Waals surface area (Å²) in [5, 5.41) is 23.1. The van der Waals surface area contributed by atoms with Crippen LogP contribution in [-0.4, -0.2) is 47.4 Å². The Balaban J connectivity index is 3.42. The molecule has 6 nitrogen and oxygen atoms in total. The maximum Gasteiger partial charge on any atom is 0.305 e. The number of allylic oxidation sites excluding steroid dienone is 9. The highest BCUT2D eigenvalue weighted by Gasteiger charge is 2.18. The first-order valence-corrected chi connectivity index (χ1v) is 33.1. The van der Waals surface area contributed by atoms with Crippen molar-refractivity contribution >= 4 is 11.9 Å². The Bertz CT molecular complexity index is 1300. The van der Waals surface area contributed by atoms with E-state index in [1.807, 2.05) is 6.08 Å². The minimum atomic E-state index is -0.844. The number of unbranched alkanes of at least 4 members (excludes halogenated alkanes) is 42. The SMILES string of the molecule is CCC/C=C\C/C=C\CCCCCCCC(=O)OCCCCCCCCCCC/C=C\C/C=C\CCCCCCCCCCCCCCCCCC(=O)NC(CO)C(O)/C=C/CCCCCCCCCCCCCC. The summed E-state index contributed by atoms with van der Waals surface area (Å²) in [4.78, 5) is 24.5. The molecular weight excluding hydrogens is 923 g/mol. The highest BCUT2D eigenvalue weighted by molar-refractivity contribution is 5.76. The third-order valence-corrected chi connectivity index (χ3v) is 15.0. The molecule has 0 aliphatic rings. The second-order valence-corrected chi connectivity index (χ2v) is 22.4. The van der Waals surface area contributed by atoms with Crippen molar-refractivity contribution in [3.05, 3.63) is 60.8 Å². The molecule has 0 aliphatic carbocycles. The van der Waals surface area contributed by atoms with Crippen LogP contribution >= 0.6 is 0 Å². The summed E-state index contributed by atoms with van der Waals surface area (Å²) in [7, 11) is 0. The van der Waals surface area contributed by atoms with Crippen LogP contribution in [0.25, 0.3) is 0 Å². The fourth-order valence-corrected chi connectivity index (χ4v) is 9.94. The average Bonchev–Trinajstić information content (AvgIpc) is 3.41. The quantitative estimate of drug-likeness (QED) is 0.0320. The fourth-order valence-electron chi connectivity index (χ4n) is 9.94. The van der Waals surface area contributed by atoms with Crippen LogP contribution in [0.3, 0.4) is 0 Å². The number of nitrogens with one attached hydrogen (secondary N) is 1. The summed E-state index contributed by atoms with van der Waals surface area (Å²) in [6.07, 6.45) is 84.3. The Morgan fingerprint density at radius 2 is 0.693 bits per heavy atom. The van der Waals surface area contributed by atoms with E-state index in [9.17, 15) is 19.8 Å². The number of carbonyl (C=O) groups excluding carboxylic acids is 2. The maximum atomic E-state index is 12.5. The number of aliphatic hydroxyl groups excluding tert-OH is 2. The van der Waals surface area contributed by atoms with E-state index in [1.54, 1.807) is 6.08 Å². The van der Waals surface area contributed by atoms with Gasteiger partial charge in [0.2, 0.25) is 5.91 Å². The Morgan fingerprint density at radius 1 is 0.373 bits per heavy atom. The first-order valence-electron chi connectivity index (χ1n) is 33.1. The van der Waals surface area contributed by atoms with Gasteiger partial charge in [0.25, 0.3) is 0 Å². The fraction of sp³-hybridized carbons (Fsp3) is 0.826. The zero-order valence-electron chi connectivity index (χ0n) is 50.0. The zero-order valence-corrected chi connectivity index (χ0v) is 50.0. The Hall–Kier alpha value is -2.44. The normalized spacial score (nSPS) is 13.0. The molecule has 6 heteroatoms. The number of ether oxygens (including phenoxy) is 1. The van der Waals surface area contributed by atoms with Gasteiger partial charge in [0.15, 0.2) is 0 Å². The molecule has 1 amide bonds. The zero-order chi connectivity index (χ0) is 54.3. The molecule has 438 valence electrons. The van der Waals surface area contributed by atoms with Crippen molar-refractivity contribution in [1.29, 1.82) is 0 Å². The van der Waals surface area contributed by atoms with Crippen molar-refractivity contribution in [2.75, 3.05) is 13.2 Å². The molecule has 0 saturated carbocycles. The minimum Gasteiger partial charge on any atom is -0.466 e. The number of hydrogen-bond acceptors (Lipinski definition) is 5. The van der Waals surface area contributed by atoms with E-state index >= 15 is 0 Å². The van der Waals surface area contributed by atoms with E-state index in [1.165, 1.54) is 257 Å². The van der Waals surface area contributed by atoms with Gasteiger partial charge in [-0.1, -0.05) is 299 Å². The topological polar surface area (TPSA) is 95.9 Å². The first kappa shape index (κ1) is 72.6. The summed E-state index contributed by atoms with van der Waals surface area (Å²) in [6.45, 7) is 4.84. The molecule has 0 saturated heterocycles. The molecule has 0 aromatic heterocycles.